The van der Waals surface area contributed by atoms with Crippen LogP contribution < -0.4 is 5.32 Å². The highest BCUT2D eigenvalue weighted by atomic mass is 16.3. The second kappa shape index (κ2) is 7.97. The first kappa shape index (κ1) is 18.0. The van der Waals surface area contributed by atoms with Gasteiger partial charge in [-0.2, -0.15) is 5.10 Å². The average molecular weight is 330 g/mol. The van der Waals surface area contributed by atoms with Crippen LogP contribution in [0.4, 0.5) is 10.5 Å². The van der Waals surface area contributed by atoms with E-state index in [1.54, 1.807) is 18.9 Å². The minimum absolute atomic E-state index is 0.182. The fourth-order valence-corrected chi connectivity index (χ4v) is 2.46. The van der Waals surface area contributed by atoms with Crippen LogP contribution in [0.2, 0.25) is 0 Å². The number of nitrogens with zero attached hydrogens (tertiary/aromatic N) is 3. The third-order valence-corrected chi connectivity index (χ3v) is 3.84. The number of carbonyl (C=O) groups is 1. The number of carbonyl (C=O) groups excluding carboxylic acids is 1. The van der Waals surface area contributed by atoms with Gasteiger partial charge in [0, 0.05) is 25.0 Å². The van der Waals surface area contributed by atoms with Crippen molar-refractivity contribution in [2.75, 3.05) is 18.9 Å². The lowest BCUT2D eigenvalue weighted by Gasteiger charge is -2.19. The van der Waals surface area contributed by atoms with E-state index in [-0.39, 0.29) is 6.03 Å². The van der Waals surface area contributed by atoms with Crippen LogP contribution in [0.3, 0.4) is 0 Å². The quantitative estimate of drug-likeness (QED) is 0.855. The molecule has 1 heterocycles. The van der Waals surface area contributed by atoms with E-state index in [9.17, 15) is 9.90 Å². The van der Waals surface area contributed by atoms with Gasteiger partial charge in [0.2, 0.25) is 0 Å². The summed E-state index contributed by atoms with van der Waals surface area (Å²) in [6, 6.07) is 9.62. The normalized spacial score (nSPS) is 12.0. The topological polar surface area (TPSA) is 70.4 Å². The molecule has 1 atom stereocenters. The number of aromatic nitrogens is 2. The van der Waals surface area contributed by atoms with Crippen molar-refractivity contribution in [3.05, 3.63) is 47.3 Å². The van der Waals surface area contributed by atoms with Crippen molar-refractivity contribution in [3.63, 3.8) is 0 Å². The number of anilines is 1. The molecule has 6 heteroatoms. The minimum atomic E-state index is -0.413. The molecule has 0 aliphatic rings. The van der Waals surface area contributed by atoms with Crippen molar-refractivity contribution in [1.29, 1.82) is 0 Å². The summed E-state index contributed by atoms with van der Waals surface area (Å²) in [5.74, 6) is 0. The molecule has 0 saturated carbocycles. The fraction of sp³-hybridized carbons (Fsp3) is 0.444. The molecule has 0 radical (unpaired) electrons. The average Bonchev–Trinajstić information content (AvgIpc) is 2.82. The van der Waals surface area contributed by atoms with Crippen LogP contribution in [0.15, 0.2) is 30.3 Å². The predicted octanol–water partition coefficient (Wildman–Crippen LogP) is 2.78. The number of aliphatic hydroxyl groups excluding tert-OH is 1. The van der Waals surface area contributed by atoms with Crippen LogP contribution in [-0.4, -0.2) is 45.5 Å². The molecule has 0 fully saturated rings. The molecule has 0 spiro atoms. The van der Waals surface area contributed by atoms with Crippen LogP contribution in [0, 0.1) is 13.8 Å². The molecule has 2 N–H and O–H groups in total. The standard InChI is InChI=1S/C18H26N4O2/c1-13-10-14(2)22(20-13)12-16-6-5-7-17(11-16)19-18(24)21(4)9-8-15(3)23/h5-7,10-11,15,23H,8-9,12H2,1-4H3,(H,19,24). The zero-order valence-electron chi connectivity index (χ0n) is 14.8. The summed E-state index contributed by atoms with van der Waals surface area (Å²) in [6.45, 7) is 6.90. The Hall–Kier alpha value is -2.34. The molecule has 130 valence electrons. The van der Waals surface area contributed by atoms with Gasteiger partial charge < -0.3 is 15.3 Å². The number of aliphatic hydroxyl groups is 1. The van der Waals surface area contributed by atoms with Crippen molar-refractivity contribution in [3.8, 4) is 0 Å². The summed E-state index contributed by atoms with van der Waals surface area (Å²) in [5.41, 5.74) is 3.94. The molecule has 0 bridgehead atoms. The van der Waals surface area contributed by atoms with E-state index in [0.29, 0.717) is 19.5 Å². The second-order valence-corrected chi connectivity index (χ2v) is 6.27. The minimum Gasteiger partial charge on any atom is -0.393 e. The summed E-state index contributed by atoms with van der Waals surface area (Å²) >= 11 is 0. The molecule has 6 nitrogen and oxygen atoms in total. The van der Waals surface area contributed by atoms with Crippen molar-refractivity contribution >= 4 is 11.7 Å². The van der Waals surface area contributed by atoms with Gasteiger partial charge in [0.15, 0.2) is 0 Å². The molecule has 1 aromatic carbocycles. The van der Waals surface area contributed by atoms with Crippen LogP contribution >= 0.6 is 0 Å². The predicted molar refractivity (Wildman–Crippen MR) is 95.2 cm³/mol. The molecule has 0 aliphatic carbocycles. The lowest BCUT2D eigenvalue weighted by Crippen LogP contribution is -2.33. The molecule has 1 unspecified atom stereocenters. The van der Waals surface area contributed by atoms with Gasteiger partial charge in [-0.15, -0.1) is 0 Å². The Morgan fingerprint density at radius 1 is 1.38 bits per heavy atom. The van der Waals surface area contributed by atoms with Crippen molar-refractivity contribution < 1.29 is 9.90 Å². The summed E-state index contributed by atoms with van der Waals surface area (Å²) < 4.78 is 1.95. The first-order valence-corrected chi connectivity index (χ1v) is 8.15. The Morgan fingerprint density at radius 3 is 2.75 bits per heavy atom. The number of aryl methyl sites for hydroxylation is 2. The van der Waals surface area contributed by atoms with Gasteiger partial charge in [-0.05, 0) is 51.0 Å². The van der Waals surface area contributed by atoms with Gasteiger partial charge in [-0.1, -0.05) is 12.1 Å². The zero-order chi connectivity index (χ0) is 17.7. The zero-order valence-corrected chi connectivity index (χ0v) is 14.8. The summed E-state index contributed by atoms with van der Waals surface area (Å²) in [4.78, 5) is 13.7. The van der Waals surface area contributed by atoms with Gasteiger partial charge in [0.05, 0.1) is 18.3 Å². The maximum absolute atomic E-state index is 12.2. The number of rotatable bonds is 6. The molecular weight excluding hydrogens is 304 g/mol. The van der Waals surface area contributed by atoms with Crippen LogP contribution in [0.1, 0.15) is 30.3 Å². The highest BCUT2D eigenvalue weighted by Crippen LogP contribution is 2.14. The maximum atomic E-state index is 12.2. The Labute approximate surface area is 143 Å². The number of benzene rings is 1. The molecule has 0 aliphatic heterocycles. The van der Waals surface area contributed by atoms with Crippen molar-refractivity contribution in [1.82, 2.24) is 14.7 Å². The highest BCUT2D eigenvalue weighted by molar-refractivity contribution is 5.89. The van der Waals surface area contributed by atoms with E-state index in [1.165, 1.54) is 0 Å². The Morgan fingerprint density at radius 2 is 2.12 bits per heavy atom. The number of hydrogen-bond acceptors (Lipinski definition) is 3. The van der Waals surface area contributed by atoms with Gasteiger partial charge in [0.25, 0.3) is 0 Å². The Balaban J connectivity index is 1.99. The monoisotopic (exact) mass is 330 g/mol. The molecule has 1 aromatic heterocycles. The summed E-state index contributed by atoms with van der Waals surface area (Å²) in [6.07, 6.45) is 0.145. The van der Waals surface area contributed by atoms with E-state index in [2.05, 4.69) is 10.4 Å². The third-order valence-electron chi connectivity index (χ3n) is 3.84. The number of amides is 2. The number of hydrogen-bond donors (Lipinski definition) is 2. The number of urea groups is 1. The summed E-state index contributed by atoms with van der Waals surface area (Å²) in [5, 5.41) is 16.7. The van der Waals surface area contributed by atoms with Crippen LogP contribution in [0.5, 0.6) is 0 Å². The SMILES string of the molecule is Cc1cc(C)n(Cc2cccc(NC(=O)N(C)CCC(C)O)c2)n1. The highest BCUT2D eigenvalue weighted by Gasteiger charge is 2.10. The van der Waals surface area contributed by atoms with E-state index < -0.39 is 6.10 Å². The molecule has 0 saturated heterocycles. The van der Waals surface area contributed by atoms with Gasteiger partial charge in [0.1, 0.15) is 0 Å². The largest absolute Gasteiger partial charge is 0.393 e. The van der Waals surface area contributed by atoms with E-state index >= 15 is 0 Å². The molecule has 2 rings (SSSR count). The Bertz CT molecular complexity index is 694. The van der Waals surface area contributed by atoms with Crippen LogP contribution in [-0.2, 0) is 6.54 Å². The fourth-order valence-electron chi connectivity index (χ4n) is 2.46. The van der Waals surface area contributed by atoms with Crippen LogP contribution in [0.25, 0.3) is 0 Å². The smallest absolute Gasteiger partial charge is 0.321 e. The molecule has 24 heavy (non-hydrogen) atoms. The second-order valence-electron chi connectivity index (χ2n) is 6.27. The van der Waals surface area contributed by atoms with E-state index in [4.69, 9.17) is 0 Å². The van der Waals surface area contributed by atoms with Gasteiger partial charge >= 0.3 is 6.03 Å². The molecule has 2 aromatic rings. The summed E-state index contributed by atoms with van der Waals surface area (Å²) in [7, 11) is 1.72. The van der Waals surface area contributed by atoms with Crippen molar-refractivity contribution in [2.24, 2.45) is 0 Å². The lowest BCUT2D eigenvalue weighted by atomic mass is 10.2. The third kappa shape index (κ3) is 5.09. The number of nitrogens with one attached hydrogen (secondary N) is 1. The van der Waals surface area contributed by atoms with Crippen molar-refractivity contribution in [2.45, 2.75) is 39.8 Å². The molecule has 2 amide bonds. The van der Waals surface area contributed by atoms with Gasteiger partial charge in [-0.3, -0.25) is 4.68 Å². The Kier molecular flexibility index (Phi) is 5.98. The maximum Gasteiger partial charge on any atom is 0.321 e. The first-order chi connectivity index (χ1) is 11.3. The molecular formula is C18H26N4O2. The van der Waals surface area contributed by atoms with Gasteiger partial charge in [-0.25, -0.2) is 4.79 Å². The lowest BCUT2D eigenvalue weighted by molar-refractivity contribution is 0.167. The van der Waals surface area contributed by atoms with E-state index in [1.807, 2.05) is 48.9 Å². The van der Waals surface area contributed by atoms with E-state index in [0.717, 1.165) is 22.6 Å². The first-order valence-electron chi connectivity index (χ1n) is 8.15.